The van der Waals surface area contributed by atoms with E-state index in [-0.39, 0.29) is 11.6 Å². The van der Waals surface area contributed by atoms with Crippen LogP contribution < -0.4 is 0 Å². The maximum absolute atomic E-state index is 13.1. The number of Topliss-reactive ketones (excluding diaryl/α,β-unsaturated/α-hetero) is 1. The largest absolute Gasteiger partial charge is 0.433 e. The first-order valence-corrected chi connectivity index (χ1v) is 8.31. The van der Waals surface area contributed by atoms with E-state index in [0.717, 1.165) is 0 Å². The first kappa shape index (κ1) is 21.1. The second kappa shape index (κ2) is 7.78. The van der Waals surface area contributed by atoms with Crippen molar-refractivity contribution in [1.82, 2.24) is 4.98 Å². The first-order valence-electron chi connectivity index (χ1n) is 6.94. The molecule has 0 saturated carbocycles. The highest BCUT2D eigenvalue weighted by atomic mass is 35.5. The Morgan fingerprint density at radius 3 is 2.19 bits per heavy atom. The van der Waals surface area contributed by atoms with Crippen molar-refractivity contribution < 1.29 is 31.1 Å². The minimum Gasteiger partial charge on any atom is -0.293 e. The van der Waals surface area contributed by atoms with Gasteiger partial charge in [0.25, 0.3) is 0 Å². The van der Waals surface area contributed by atoms with Gasteiger partial charge in [-0.25, -0.2) is 4.98 Å². The minimum absolute atomic E-state index is 0.161. The van der Waals surface area contributed by atoms with Crippen LogP contribution in [-0.2, 0) is 12.4 Å². The summed E-state index contributed by atoms with van der Waals surface area (Å²) in [5.74, 6) is -1.09. The Hall–Kier alpha value is -2.25. The zero-order chi connectivity index (χ0) is 20.4. The Balaban J connectivity index is 2.41. The number of carbonyl (C=O) groups is 1. The lowest BCUT2D eigenvalue weighted by atomic mass is 10.1. The molecule has 1 heterocycles. The predicted molar refractivity (Wildman–Crippen MR) is 85.5 cm³/mol. The molecule has 0 aliphatic heterocycles. The molecule has 0 spiro atoms. The fourth-order valence-corrected chi connectivity index (χ4v) is 2.98. The van der Waals surface area contributed by atoms with Crippen LogP contribution in [0, 0.1) is 11.3 Å². The molecule has 0 fully saturated rings. The number of ketones is 1. The zero-order valence-electron chi connectivity index (χ0n) is 13.0. The van der Waals surface area contributed by atoms with Gasteiger partial charge in [0, 0.05) is 10.6 Å². The summed E-state index contributed by atoms with van der Waals surface area (Å²) in [7, 11) is 0. The summed E-state index contributed by atoms with van der Waals surface area (Å²) < 4.78 is 77.8. The number of hydrogen-bond acceptors (Lipinski definition) is 4. The van der Waals surface area contributed by atoms with Crippen molar-refractivity contribution in [3.05, 3.63) is 57.7 Å². The van der Waals surface area contributed by atoms with Crippen LogP contribution in [0.25, 0.3) is 0 Å². The number of rotatable bonds is 4. The summed E-state index contributed by atoms with van der Waals surface area (Å²) in [5.41, 5.74) is -4.46. The average molecular weight is 425 g/mol. The summed E-state index contributed by atoms with van der Waals surface area (Å²) in [6, 6.07) is 6.53. The highest BCUT2D eigenvalue weighted by Gasteiger charge is 2.41. The molecular weight excluding hydrogens is 418 g/mol. The Morgan fingerprint density at radius 1 is 1.11 bits per heavy atom. The molecule has 0 saturated heterocycles. The lowest BCUT2D eigenvalue weighted by Crippen LogP contribution is -2.16. The third-order valence-electron chi connectivity index (χ3n) is 3.20. The smallest absolute Gasteiger partial charge is 0.293 e. The molecule has 0 radical (unpaired) electrons. The number of thioether (sulfide) groups is 1. The van der Waals surface area contributed by atoms with E-state index in [1.807, 2.05) is 0 Å². The number of halogens is 7. The highest BCUT2D eigenvalue weighted by molar-refractivity contribution is 8.00. The molecule has 0 atom stereocenters. The summed E-state index contributed by atoms with van der Waals surface area (Å²) in [6.45, 7) is 0. The number of aromatic nitrogens is 1. The van der Waals surface area contributed by atoms with Gasteiger partial charge in [-0.1, -0.05) is 23.4 Å². The fourth-order valence-electron chi connectivity index (χ4n) is 1.96. The van der Waals surface area contributed by atoms with Crippen molar-refractivity contribution in [2.45, 2.75) is 17.4 Å². The SMILES string of the molecule is N#Cc1c(C(F)(F)F)cc(C(F)(F)F)nc1SCC(=O)c1ccc(Cl)cc1. The number of benzene rings is 1. The second-order valence-corrected chi connectivity index (χ2v) is 6.46. The van der Waals surface area contributed by atoms with E-state index in [0.29, 0.717) is 16.8 Å². The minimum atomic E-state index is -5.19. The Kier molecular flexibility index (Phi) is 6.07. The summed E-state index contributed by atoms with van der Waals surface area (Å²) >= 11 is 6.00. The molecule has 27 heavy (non-hydrogen) atoms. The molecule has 2 rings (SSSR count). The topological polar surface area (TPSA) is 53.8 Å². The van der Waals surface area contributed by atoms with Crippen molar-refractivity contribution in [2.24, 2.45) is 0 Å². The van der Waals surface area contributed by atoms with Gasteiger partial charge in [-0.05, 0) is 30.3 Å². The van der Waals surface area contributed by atoms with Crippen LogP contribution >= 0.6 is 23.4 Å². The van der Waals surface area contributed by atoms with Gasteiger partial charge in [-0.3, -0.25) is 4.79 Å². The third kappa shape index (κ3) is 5.14. The molecular formula is C16H7ClF6N2OS. The van der Waals surface area contributed by atoms with E-state index >= 15 is 0 Å². The van der Waals surface area contributed by atoms with Gasteiger partial charge in [0.1, 0.15) is 16.8 Å². The molecule has 3 nitrogen and oxygen atoms in total. The van der Waals surface area contributed by atoms with Crippen LogP contribution in [0.15, 0.2) is 35.4 Å². The van der Waals surface area contributed by atoms with Crippen LogP contribution in [0.5, 0.6) is 0 Å². The van der Waals surface area contributed by atoms with Gasteiger partial charge in [0.2, 0.25) is 0 Å². The molecule has 1 aromatic heterocycles. The molecule has 0 N–H and O–H groups in total. The number of hydrogen-bond donors (Lipinski definition) is 0. The quantitative estimate of drug-likeness (QED) is 0.363. The van der Waals surface area contributed by atoms with Gasteiger partial charge in [-0.15, -0.1) is 0 Å². The normalized spacial score (nSPS) is 11.9. The zero-order valence-corrected chi connectivity index (χ0v) is 14.5. The summed E-state index contributed by atoms with van der Waals surface area (Å²) in [4.78, 5) is 15.2. The van der Waals surface area contributed by atoms with Crippen LogP contribution in [0.3, 0.4) is 0 Å². The number of nitriles is 1. The molecule has 2 aromatic rings. The maximum Gasteiger partial charge on any atom is 0.433 e. The monoisotopic (exact) mass is 424 g/mol. The van der Waals surface area contributed by atoms with Crippen molar-refractivity contribution in [3.63, 3.8) is 0 Å². The van der Waals surface area contributed by atoms with Crippen LogP contribution in [0.1, 0.15) is 27.2 Å². The van der Waals surface area contributed by atoms with E-state index in [9.17, 15) is 31.1 Å². The molecule has 1 aromatic carbocycles. The maximum atomic E-state index is 13.1. The predicted octanol–water partition coefficient (Wildman–Crippen LogP) is 5.62. The van der Waals surface area contributed by atoms with Gasteiger partial charge >= 0.3 is 12.4 Å². The van der Waals surface area contributed by atoms with E-state index in [4.69, 9.17) is 16.9 Å². The number of pyridine rings is 1. The molecule has 142 valence electrons. The van der Waals surface area contributed by atoms with Crippen molar-refractivity contribution >= 4 is 29.1 Å². The third-order valence-corrected chi connectivity index (χ3v) is 4.43. The van der Waals surface area contributed by atoms with Crippen LogP contribution in [0.4, 0.5) is 26.3 Å². The second-order valence-electron chi connectivity index (χ2n) is 5.06. The number of nitrogens with zero attached hydrogens (tertiary/aromatic N) is 2. The van der Waals surface area contributed by atoms with E-state index in [1.54, 1.807) is 0 Å². The molecule has 0 amide bonds. The molecule has 11 heteroatoms. The van der Waals surface area contributed by atoms with Gasteiger partial charge in [0.05, 0.1) is 16.9 Å². The Morgan fingerprint density at radius 2 is 1.70 bits per heavy atom. The molecule has 0 aliphatic carbocycles. The van der Waals surface area contributed by atoms with Gasteiger partial charge < -0.3 is 0 Å². The fraction of sp³-hybridized carbons (Fsp3) is 0.188. The number of carbonyl (C=O) groups excluding carboxylic acids is 1. The van der Waals surface area contributed by atoms with Crippen molar-refractivity contribution in [1.29, 1.82) is 5.26 Å². The Labute approximate surface area is 158 Å². The van der Waals surface area contributed by atoms with Gasteiger partial charge in [0.15, 0.2) is 5.78 Å². The van der Waals surface area contributed by atoms with Gasteiger partial charge in [-0.2, -0.15) is 31.6 Å². The van der Waals surface area contributed by atoms with Crippen LogP contribution in [-0.4, -0.2) is 16.5 Å². The van der Waals surface area contributed by atoms with E-state index < -0.39 is 45.7 Å². The number of alkyl halides is 6. The Bertz CT molecular complexity index is 903. The highest BCUT2D eigenvalue weighted by Crippen LogP contribution is 2.39. The lowest BCUT2D eigenvalue weighted by molar-refractivity contribution is -0.146. The average Bonchev–Trinajstić information content (AvgIpc) is 2.57. The standard InChI is InChI=1S/C16H7ClF6N2OS/c17-9-3-1-8(2-4-9)12(26)7-27-14-10(6-24)11(15(18,19)20)5-13(25-14)16(21,22)23/h1-5H,7H2. The molecule has 0 aliphatic rings. The van der Waals surface area contributed by atoms with Crippen molar-refractivity contribution in [3.8, 4) is 6.07 Å². The first-order chi connectivity index (χ1) is 12.4. The van der Waals surface area contributed by atoms with E-state index in [1.165, 1.54) is 30.3 Å². The lowest BCUT2D eigenvalue weighted by Gasteiger charge is -2.15. The molecule has 0 bridgehead atoms. The van der Waals surface area contributed by atoms with Crippen LogP contribution in [0.2, 0.25) is 5.02 Å². The van der Waals surface area contributed by atoms with E-state index in [2.05, 4.69) is 4.98 Å². The van der Waals surface area contributed by atoms with Crippen molar-refractivity contribution in [2.75, 3.05) is 5.75 Å². The summed E-state index contributed by atoms with van der Waals surface area (Å²) in [5, 5.41) is 8.51. The molecule has 0 unspecified atom stereocenters. The summed E-state index contributed by atoms with van der Waals surface area (Å²) in [6.07, 6.45) is -10.3.